The number of aromatic nitrogens is 2. The summed E-state index contributed by atoms with van der Waals surface area (Å²) in [4.78, 5) is 27.1. The van der Waals surface area contributed by atoms with Crippen LogP contribution in [0.5, 0.6) is 0 Å². The molecule has 2 aliphatic rings. The lowest BCUT2D eigenvalue weighted by Gasteiger charge is -2.37. The maximum atomic E-state index is 12.0. The average Bonchev–Trinajstić information content (AvgIpc) is 3.04. The van der Waals surface area contributed by atoms with Crippen LogP contribution in [0.1, 0.15) is 19.8 Å². The number of fused-ring (bicyclic) bond motifs is 1. The fourth-order valence-electron chi connectivity index (χ4n) is 3.83. The molecule has 0 unspecified atom stereocenters. The van der Waals surface area contributed by atoms with E-state index in [1.807, 2.05) is 21.8 Å². The standard InChI is InChI=1S/C14H21N5O2/c1-10(20)19-12(9-18-5-2-4-16-18)7-11-8-17(14(15)21)6-3-13(11)19/h2,4-5,11-13H,3,6-9H2,1H3,(H2,15,21)/t11-,12+,13+/m1/s1. The van der Waals surface area contributed by atoms with Gasteiger partial charge in [0.2, 0.25) is 5.91 Å². The van der Waals surface area contributed by atoms with Crippen molar-refractivity contribution in [1.29, 1.82) is 0 Å². The van der Waals surface area contributed by atoms with Gasteiger partial charge in [0.25, 0.3) is 0 Å². The number of urea groups is 1. The number of nitrogens with two attached hydrogens (primary N) is 1. The van der Waals surface area contributed by atoms with Crippen molar-refractivity contribution in [1.82, 2.24) is 19.6 Å². The highest BCUT2D eigenvalue weighted by Gasteiger charge is 2.45. The Kier molecular flexibility index (Phi) is 3.57. The summed E-state index contributed by atoms with van der Waals surface area (Å²) >= 11 is 0. The lowest BCUT2D eigenvalue weighted by atomic mass is 9.92. The van der Waals surface area contributed by atoms with Gasteiger partial charge in [0, 0.05) is 38.4 Å². The van der Waals surface area contributed by atoms with Crippen LogP contribution < -0.4 is 5.73 Å². The van der Waals surface area contributed by atoms with Crippen molar-refractivity contribution in [2.75, 3.05) is 13.1 Å². The Balaban J connectivity index is 1.76. The van der Waals surface area contributed by atoms with E-state index >= 15 is 0 Å². The Bertz CT molecular complexity index is 529. The third-order valence-electron chi connectivity index (χ3n) is 4.65. The summed E-state index contributed by atoms with van der Waals surface area (Å²) in [7, 11) is 0. The Morgan fingerprint density at radius 2 is 2.24 bits per heavy atom. The summed E-state index contributed by atoms with van der Waals surface area (Å²) in [6.07, 6.45) is 5.36. The van der Waals surface area contributed by atoms with Crippen LogP contribution in [0.3, 0.4) is 0 Å². The number of rotatable bonds is 2. The molecule has 2 N–H and O–H groups in total. The molecule has 1 aromatic heterocycles. The number of hydrogen-bond donors (Lipinski definition) is 1. The molecule has 3 heterocycles. The number of carbonyl (C=O) groups excluding carboxylic acids is 2. The van der Waals surface area contributed by atoms with Crippen LogP contribution in [0.2, 0.25) is 0 Å². The summed E-state index contributed by atoms with van der Waals surface area (Å²) < 4.78 is 1.86. The molecule has 0 aromatic carbocycles. The summed E-state index contributed by atoms with van der Waals surface area (Å²) in [6, 6.07) is 1.89. The quantitative estimate of drug-likeness (QED) is 0.849. The number of hydrogen-bond acceptors (Lipinski definition) is 3. The molecule has 0 spiro atoms. The maximum Gasteiger partial charge on any atom is 0.314 e. The monoisotopic (exact) mass is 291 g/mol. The predicted molar refractivity (Wildman–Crippen MR) is 76.2 cm³/mol. The van der Waals surface area contributed by atoms with Gasteiger partial charge in [-0.15, -0.1) is 0 Å². The average molecular weight is 291 g/mol. The normalized spacial score (nSPS) is 28.5. The van der Waals surface area contributed by atoms with E-state index in [-0.39, 0.29) is 24.0 Å². The van der Waals surface area contributed by atoms with Gasteiger partial charge in [-0.1, -0.05) is 0 Å². The molecule has 0 bridgehead atoms. The highest BCUT2D eigenvalue weighted by atomic mass is 16.2. The van der Waals surface area contributed by atoms with Gasteiger partial charge in [0.1, 0.15) is 0 Å². The lowest BCUT2D eigenvalue weighted by Crippen LogP contribution is -2.51. The Hall–Kier alpha value is -2.05. The van der Waals surface area contributed by atoms with Crippen LogP contribution in [-0.4, -0.2) is 56.7 Å². The van der Waals surface area contributed by atoms with E-state index in [1.54, 1.807) is 18.0 Å². The third-order valence-corrected chi connectivity index (χ3v) is 4.65. The van der Waals surface area contributed by atoms with Gasteiger partial charge >= 0.3 is 6.03 Å². The van der Waals surface area contributed by atoms with Crippen LogP contribution >= 0.6 is 0 Å². The van der Waals surface area contributed by atoms with Crippen molar-refractivity contribution < 1.29 is 9.59 Å². The molecule has 7 heteroatoms. The van der Waals surface area contributed by atoms with E-state index in [0.29, 0.717) is 25.6 Å². The van der Waals surface area contributed by atoms with E-state index in [2.05, 4.69) is 5.10 Å². The lowest BCUT2D eigenvalue weighted by molar-refractivity contribution is -0.132. The van der Waals surface area contributed by atoms with Crippen LogP contribution in [0.4, 0.5) is 4.79 Å². The Morgan fingerprint density at radius 3 is 2.86 bits per heavy atom. The van der Waals surface area contributed by atoms with Gasteiger partial charge in [0.15, 0.2) is 0 Å². The van der Waals surface area contributed by atoms with Gasteiger partial charge in [-0.3, -0.25) is 9.48 Å². The number of piperidine rings is 1. The predicted octanol–water partition coefficient (Wildman–Crippen LogP) is 0.273. The minimum absolute atomic E-state index is 0.104. The van der Waals surface area contributed by atoms with E-state index in [4.69, 9.17) is 5.73 Å². The van der Waals surface area contributed by atoms with E-state index in [9.17, 15) is 9.59 Å². The zero-order chi connectivity index (χ0) is 15.0. The molecule has 0 radical (unpaired) electrons. The van der Waals surface area contributed by atoms with Crippen molar-refractivity contribution >= 4 is 11.9 Å². The zero-order valence-corrected chi connectivity index (χ0v) is 12.2. The molecule has 3 rings (SSSR count). The fraction of sp³-hybridized carbons (Fsp3) is 0.643. The molecule has 3 amide bonds. The van der Waals surface area contributed by atoms with Crippen molar-refractivity contribution in [2.45, 2.75) is 38.4 Å². The van der Waals surface area contributed by atoms with E-state index in [0.717, 1.165) is 12.8 Å². The van der Waals surface area contributed by atoms with Crippen molar-refractivity contribution in [3.63, 3.8) is 0 Å². The number of carbonyl (C=O) groups is 2. The molecule has 2 saturated heterocycles. The fourth-order valence-corrected chi connectivity index (χ4v) is 3.83. The van der Waals surface area contributed by atoms with Crippen molar-refractivity contribution in [3.05, 3.63) is 18.5 Å². The van der Waals surface area contributed by atoms with Gasteiger partial charge in [0.05, 0.1) is 12.6 Å². The molecule has 1 aromatic rings. The number of likely N-dealkylation sites (tertiary alicyclic amines) is 2. The number of amides is 3. The SMILES string of the molecule is CC(=O)N1[C@H](Cn2cccn2)C[C@@H]2CN(C(N)=O)CC[C@@H]21. The minimum Gasteiger partial charge on any atom is -0.351 e. The first-order valence-electron chi connectivity index (χ1n) is 7.37. The van der Waals surface area contributed by atoms with E-state index in [1.165, 1.54) is 0 Å². The summed E-state index contributed by atoms with van der Waals surface area (Å²) in [5.41, 5.74) is 5.38. The summed E-state index contributed by atoms with van der Waals surface area (Å²) in [6.45, 7) is 3.61. The van der Waals surface area contributed by atoms with Gasteiger partial charge < -0.3 is 15.5 Å². The molecule has 0 aliphatic carbocycles. The zero-order valence-electron chi connectivity index (χ0n) is 12.2. The third kappa shape index (κ3) is 2.59. The van der Waals surface area contributed by atoms with Crippen LogP contribution in [0.25, 0.3) is 0 Å². The topological polar surface area (TPSA) is 84.5 Å². The second-order valence-corrected chi connectivity index (χ2v) is 5.94. The molecule has 114 valence electrons. The molecule has 0 saturated carbocycles. The number of primary amides is 1. The molecule has 2 aliphatic heterocycles. The smallest absolute Gasteiger partial charge is 0.314 e. The Labute approximate surface area is 123 Å². The highest BCUT2D eigenvalue weighted by molar-refractivity contribution is 5.75. The molecular formula is C14H21N5O2. The first-order chi connectivity index (χ1) is 10.1. The largest absolute Gasteiger partial charge is 0.351 e. The maximum absolute atomic E-state index is 12.0. The first kappa shape index (κ1) is 13.9. The second kappa shape index (κ2) is 5.38. The molecule has 21 heavy (non-hydrogen) atoms. The van der Waals surface area contributed by atoms with Crippen LogP contribution in [-0.2, 0) is 11.3 Å². The molecule has 3 atom stereocenters. The van der Waals surface area contributed by atoms with Gasteiger partial charge in [-0.05, 0) is 24.8 Å². The van der Waals surface area contributed by atoms with Crippen molar-refractivity contribution in [3.8, 4) is 0 Å². The summed E-state index contributed by atoms with van der Waals surface area (Å²) in [5.74, 6) is 0.419. The molecule has 7 nitrogen and oxygen atoms in total. The van der Waals surface area contributed by atoms with Crippen LogP contribution in [0, 0.1) is 5.92 Å². The first-order valence-corrected chi connectivity index (χ1v) is 7.37. The second-order valence-electron chi connectivity index (χ2n) is 5.94. The van der Waals surface area contributed by atoms with Crippen molar-refractivity contribution in [2.24, 2.45) is 11.7 Å². The summed E-state index contributed by atoms with van der Waals surface area (Å²) in [5, 5.41) is 4.23. The number of nitrogens with zero attached hydrogens (tertiary/aromatic N) is 4. The minimum atomic E-state index is -0.363. The highest BCUT2D eigenvalue weighted by Crippen LogP contribution is 2.36. The Morgan fingerprint density at radius 1 is 1.43 bits per heavy atom. The van der Waals surface area contributed by atoms with Crippen LogP contribution in [0.15, 0.2) is 18.5 Å². The van der Waals surface area contributed by atoms with Gasteiger partial charge in [-0.25, -0.2) is 4.79 Å². The van der Waals surface area contributed by atoms with E-state index < -0.39 is 0 Å². The van der Waals surface area contributed by atoms with Gasteiger partial charge in [-0.2, -0.15) is 5.10 Å². The molecule has 2 fully saturated rings. The molecular weight excluding hydrogens is 270 g/mol.